The molecule has 0 radical (unpaired) electrons. The molecule has 3 aromatic rings. The van der Waals surface area contributed by atoms with Gasteiger partial charge in [0.25, 0.3) is 0 Å². The fourth-order valence-corrected chi connectivity index (χ4v) is 3.29. The van der Waals surface area contributed by atoms with Crippen molar-refractivity contribution in [1.82, 2.24) is 9.88 Å². The minimum Gasteiger partial charge on any atom is -0.361 e. The second-order valence-corrected chi connectivity index (χ2v) is 6.37. The lowest BCUT2D eigenvalue weighted by atomic mass is 10.1. The van der Waals surface area contributed by atoms with Gasteiger partial charge in [-0.15, -0.1) is 0 Å². The Morgan fingerprint density at radius 3 is 2.62 bits per heavy atom. The van der Waals surface area contributed by atoms with Crippen molar-refractivity contribution in [3.05, 3.63) is 89.6 Å². The average Bonchev–Trinajstić information content (AvgIpc) is 3.05. The highest BCUT2D eigenvalue weighted by Crippen LogP contribution is 2.21. The number of aromatic nitrogens is 1. The summed E-state index contributed by atoms with van der Waals surface area (Å²) in [5.74, 6) is 0. The van der Waals surface area contributed by atoms with Gasteiger partial charge >= 0.3 is 0 Å². The topological polar surface area (TPSA) is 19.0 Å². The summed E-state index contributed by atoms with van der Waals surface area (Å²) >= 11 is 0. The van der Waals surface area contributed by atoms with Crippen LogP contribution in [0.2, 0.25) is 0 Å². The van der Waals surface area contributed by atoms with E-state index in [1.807, 2.05) is 0 Å². The summed E-state index contributed by atoms with van der Waals surface area (Å²) in [7, 11) is 0. The maximum absolute atomic E-state index is 3.37. The van der Waals surface area contributed by atoms with Crippen LogP contribution in [0.3, 0.4) is 0 Å². The zero-order valence-electron chi connectivity index (χ0n) is 13.8. The normalized spacial score (nSPS) is 15.9. The molecule has 0 saturated heterocycles. The van der Waals surface area contributed by atoms with E-state index in [1.165, 1.54) is 27.6 Å². The van der Waals surface area contributed by atoms with Gasteiger partial charge in [0.15, 0.2) is 0 Å². The number of hydrogen-bond acceptors (Lipinski definition) is 1. The van der Waals surface area contributed by atoms with Gasteiger partial charge in [-0.3, -0.25) is 4.90 Å². The molecule has 2 aromatic carbocycles. The number of benzene rings is 2. The van der Waals surface area contributed by atoms with E-state index in [0.717, 1.165) is 26.1 Å². The molecule has 0 bridgehead atoms. The smallest absolute Gasteiger partial charge is 0.0457 e. The molecule has 1 aromatic heterocycles. The van der Waals surface area contributed by atoms with Crippen molar-refractivity contribution in [3.8, 4) is 0 Å². The number of H-pyrrole nitrogens is 1. The van der Waals surface area contributed by atoms with Crippen LogP contribution in [0.15, 0.2) is 78.5 Å². The van der Waals surface area contributed by atoms with Crippen molar-refractivity contribution >= 4 is 17.0 Å². The van der Waals surface area contributed by atoms with Gasteiger partial charge in [0.05, 0.1) is 0 Å². The molecule has 0 spiro atoms. The monoisotopic (exact) mass is 314 g/mol. The lowest BCUT2D eigenvalue weighted by Gasteiger charge is -2.25. The number of nitrogens with zero attached hydrogens (tertiary/aromatic N) is 1. The first-order chi connectivity index (χ1) is 11.9. The van der Waals surface area contributed by atoms with Gasteiger partial charge in [0.1, 0.15) is 0 Å². The molecule has 2 nitrogen and oxygen atoms in total. The Hall–Kier alpha value is -2.58. The van der Waals surface area contributed by atoms with Gasteiger partial charge in [0, 0.05) is 36.7 Å². The van der Waals surface area contributed by atoms with Gasteiger partial charge in [-0.2, -0.15) is 0 Å². The van der Waals surface area contributed by atoms with Crippen LogP contribution in [0.4, 0.5) is 0 Å². The lowest BCUT2D eigenvalue weighted by Crippen LogP contribution is -2.27. The zero-order chi connectivity index (χ0) is 16.2. The Kier molecular flexibility index (Phi) is 4.30. The molecule has 0 atom stereocenters. The predicted octanol–water partition coefficient (Wildman–Crippen LogP) is 5.01. The molecule has 2 heterocycles. The molecule has 2 heteroatoms. The molecular weight excluding hydrogens is 292 g/mol. The Bertz CT molecular complexity index is 871. The van der Waals surface area contributed by atoms with Crippen molar-refractivity contribution < 1.29 is 0 Å². The Morgan fingerprint density at radius 2 is 1.79 bits per heavy atom. The quantitative estimate of drug-likeness (QED) is 0.717. The van der Waals surface area contributed by atoms with Crippen LogP contribution in [0.25, 0.3) is 17.0 Å². The van der Waals surface area contributed by atoms with E-state index in [2.05, 4.69) is 88.9 Å². The van der Waals surface area contributed by atoms with E-state index in [9.17, 15) is 0 Å². The fourth-order valence-electron chi connectivity index (χ4n) is 3.29. The van der Waals surface area contributed by atoms with Crippen LogP contribution in [0.1, 0.15) is 17.5 Å². The fraction of sp³-hybridized carbons (Fsp3) is 0.182. The van der Waals surface area contributed by atoms with Crippen LogP contribution in [0, 0.1) is 0 Å². The second-order valence-electron chi connectivity index (χ2n) is 6.37. The van der Waals surface area contributed by atoms with Crippen molar-refractivity contribution in [1.29, 1.82) is 0 Å². The highest BCUT2D eigenvalue weighted by molar-refractivity contribution is 5.82. The maximum atomic E-state index is 3.37. The van der Waals surface area contributed by atoms with Crippen LogP contribution in [-0.4, -0.2) is 23.0 Å². The number of hydrogen-bond donors (Lipinski definition) is 1. The number of allylic oxidation sites excluding steroid dienone is 1. The van der Waals surface area contributed by atoms with Gasteiger partial charge in [-0.25, -0.2) is 0 Å². The molecule has 120 valence electrons. The third-order valence-electron chi connectivity index (χ3n) is 4.69. The van der Waals surface area contributed by atoms with Crippen LogP contribution in [-0.2, 0) is 6.54 Å². The Morgan fingerprint density at radius 1 is 0.958 bits per heavy atom. The van der Waals surface area contributed by atoms with E-state index < -0.39 is 0 Å². The highest BCUT2D eigenvalue weighted by atomic mass is 15.1. The van der Waals surface area contributed by atoms with E-state index >= 15 is 0 Å². The van der Waals surface area contributed by atoms with Gasteiger partial charge in [0.2, 0.25) is 0 Å². The minimum atomic E-state index is 1.01. The van der Waals surface area contributed by atoms with Crippen molar-refractivity contribution in [2.75, 3.05) is 13.1 Å². The lowest BCUT2D eigenvalue weighted by molar-refractivity contribution is 0.288. The number of fused-ring (bicyclic) bond motifs is 1. The summed E-state index contributed by atoms with van der Waals surface area (Å²) in [6.45, 7) is 3.15. The second kappa shape index (κ2) is 6.90. The SMILES string of the molecule is C1=C(/C=C/c2ccccc2)CCN(Cc2c[nH]c3ccccc23)C1. The molecule has 0 unspecified atom stereocenters. The number of rotatable bonds is 4. The largest absolute Gasteiger partial charge is 0.361 e. The first-order valence-corrected chi connectivity index (χ1v) is 8.58. The first kappa shape index (κ1) is 15.0. The third-order valence-corrected chi connectivity index (χ3v) is 4.69. The summed E-state index contributed by atoms with van der Waals surface area (Å²) in [6.07, 6.45) is 10.1. The summed E-state index contributed by atoms with van der Waals surface area (Å²) in [5, 5.41) is 1.34. The molecule has 0 amide bonds. The van der Waals surface area contributed by atoms with Crippen molar-refractivity contribution in [2.45, 2.75) is 13.0 Å². The standard InChI is InChI=1S/C22H22N2/c1-2-6-18(7-3-1)10-11-19-12-14-24(15-13-19)17-20-16-23-22-9-5-4-8-21(20)22/h1-12,16,23H,13-15,17H2/b11-10+. The molecule has 4 rings (SSSR count). The maximum Gasteiger partial charge on any atom is 0.0457 e. The Balaban J connectivity index is 1.40. The van der Waals surface area contributed by atoms with Crippen LogP contribution < -0.4 is 0 Å². The first-order valence-electron chi connectivity index (χ1n) is 8.58. The molecule has 1 aliphatic heterocycles. The number of nitrogens with one attached hydrogen (secondary N) is 1. The summed E-state index contributed by atoms with van der Waals surface area (Å²) in [5.41, 5.74) is 5.32. The summed E-state index contributed by atoms with van der Waals surface area (Å²) in [4.78, 5) is 5.88. The van der Waals surface area contributed by atoms with Gasteiger partial charge in [-0.1, -0.05) is 66.8 Å². The number of aromatic amines is 1. The number of para-hydroxylation sites is 1. The van der Waals surface area contributed by atoms with E-state index in [0.29, 0.717) is 0 Å². The summed E-state index contributed by atoms with van der Waals surface area (Å²) < 4.78 is 0. The highest BCUT2D eigenvalue weighted by Gasteiger charge is 2.12. The average molecular weight is 314 g/mol. The van der Waals surface area contributed by atoms with E-state index in [-0.39, 0.29) is 0 Å². The van der Waals surface area contributed by atoms with Crippen molar-refractivity contribution in [2.24, 2.45) is 0 Å². The van der Waals surface area contributed by atoms with E-state index in [4.69, 9.17) is 0 Å². The third kappa shape index (κ3) is 3.34. The zero-order valence-corrected chi connectivity index (χ0v) is 13.8. The molecule has 0 fully saturated rings. The van der Waals surface area contributed by atoms with Crippen LogP contribution >= 0.6 is 0 Å². The molecule has 0 aliphatic carbocycles. The Labute approximate surface area is 143 Å². The van der Waals surface area contributed by atoms with Gasteiger partial charge in [-0.05, 0) is 29.2 Å². The predicted molar refractivity (Wildman–Crippen MR) is 102 cm³/mol. The minimum absolute atomic E-state index is 1.01. The van der Waals surface area contributed by atoms with E-state index in [1.54, 1.807) is 0 Å². The molecule has 1 aliphatic rings. The molecule has 1 N–H and O–H groups in total. The van der Waals surface area contributed by atoms with Gasteiger partial charge < -0.3 is 4.98 Å². The summed E-state index contributed by atoms with van der Waals surface area (Å²) in [6, 6.07) is 19.0. The molecule has 0 saturated carbocycles. The molecule has 24 heavy (non-hydrogen) atoms. The molecular formula is C22H22N2. The van der Waals surface area contributed by atoms with Crippen molar-refractivity contribution in [3.63, 3.8) is 0 Å². The van der Waals surface area contributed by atoms with Crippen LogP contribution in [0.5, 0.6) is 0 Å².